The summed E-state index contributed by atoms with van der Waals surface area (Å²) in [6, 6.07) is 0. The van der Waals surface area contributed by atoms with Crippen LogP contribution in [-0.2, 0) is 9.47 Å². The molecule has 0 amide bonds. The SMILES string of the molecule is CCCCOC[C@@H](CO)OCP. The van der Waals surface area contributed by atoms with Gasteiger partial charge in [-0.15, -0.1) is 9.24 Å². The van der Waals surface area contributed by atoms with Crippen molar-refractivity contribution in [3.05, 3.63) is 0 Å². The lowest BCUT2D eigenvalue weighted by atomic mass is 10.3. The molecule has 1 unspecified atom stereocenters. The maximum atomic E-state index is 8.80. The second-order valence-corrected chi connectivity index (χ2v) is 2.90. The molecule has 0 radical (unpaired) electrons. The highest BCUT2D eigenvalue weighted by molar-refractivity contribution is 7.16. The van der Waals surface area contributed by atoms with Crippen molar-refractivity contribution in [3.8, 4) is 0 Å². The van der Waals surface area contributed by atoms with Crippen molar-refractivity contribution in [2.45, 2.75) is 25.9 Å². The Hall–Kier alpha value is 0.310. The lowest BCUT2D eigenvalue weighted by Gasteiger charge is -2.13. The van der Waals surface area contributed by atoms with Crippen LogP contribution in [0.15, 0.2) is 0 Å². The highest BCUT2D eigenvalue weighted by Gasteiger charge is 2.05. The Bertz CT molecular complexity index is 90.4. The van der Waals surface area contributed by atoms with Gasteiger partial charge in [-0.25, -0.2) is 0 Å². The monoisotopic (exact) mass is 194 g/mol. The molecule has 0 aromatic heterocycles. The fourth-order valence-corrected chi connectivity index (χ4v) is 1.02. The van der Waals surface area contributed by atoms with Gasteiger partial charge in [0.15, 0.2) is 0 Å². The normalized spacial score (nSPS) is 13.2. The van der Waals surface area contributed by atoms with E-state index in [1.165, 1.54) is 0 Å². The van der Waals surface area contributed by atoms with E-state index in [0.29, 0.717) is 13.0 Å². The molecule has 74 valence electrons. The molecule has 3 nitrogen and oxygen atoms in total. The van der Waals surface area contributed by atoms with Gasteiger partial charge in [0.1, 0.15) is 6.10 Å². The fourth-order valence-electron chi connectivity index (χ4n) is 0.751. The Morgan fingerprint density at radius 2 is 2.25 bits per heavy atom. The first-order chi connectivity index (χ1) is 5.85. The minimum Gasteiger partial charge on any atom is -0.394 e. The largest absolute Gasteiger partial charge is 0.394 e. The highest BCUT2D eigenvalue weighted by atomic mass is 31.0. The van der Waals surface area contributed by atoms with Crippen LogP contribution in [0.4, 0.5) is 0 Å². The van der Waals surface area contributed by atoms with Gasteiger partial charge in [-0.05, 0) is 6.42 Å². The minimum absolute atomic E-state index is 0.0283. The third-order valence-electron chi connectivity index (χ3n) is 1.48. The zero-order valence-corrected chi connectivity index (χ0v) is 8.82. The Morgan fingerprint density at radius 3 is 2.75 bits per heavy atom. The first-order valence-electron chi connectivity index (χ1n) is 4.35. The van der Waals surface area contributed by atoms with Crippen LogP contribution >= 0.6 is 9.24 Å². The van der Waals surface area contributed by atoms with E-state index >= 15 is 0 Å². The van der Waals surface area contributed by atoms with Crippen LogP contribution in [0.25, 0.3) is 0 Å². The summed E-state index contributed by atoms with van der Waals surface area (Å²) in [5.74, 6) is 0. The quantitative estimate of drug-likeness (QED) is 0.463. The van der Waals surface area contributed by atoms with Crippen LogP contribution in [0.3, 0.4) is 0 Å². The molecule has 0 aromatic rings. The van der Waals surface area contributed by atoms with Crippen LogP contribution in [0, 0.1) is 0 Å². The molecule has 1 N–H and O–H groups in total. The van der Waals surface area contributed by atoms with Crippen molar-refractivity contribution in [1.29, 1.82) is 0 Å². The van der Waals surface area contributed by atoms with Crippen LogP contribution < -0.4 is 0 Å². The third-order valence-corrected chi connectivity index (χ3v) is 1.67. The molecule has 4 heteroatoms. The number of ether oxygens (including phenoxy) is 2. The molecule has 2 atom stereocenters. The molecular weight excluding hydrogens is 175 g/mol. The summed E-state index contributed by atoms with van der Waals surface area (Å²) >= 11 is 0. The van der Waals surface area contributed by atoms with Crippen molar-refractivity contribution in [3.63, 3.8) is 0 Å². The van der Waals surface area contributed by atoms with E-state index in [0.717, 1.165) is 19.4 Å². The van der Waals surface area contributed by atoms with Gasteiger partial charge in [0, 0.05) is 6.61 Å². The van der Waals surface area contributed by atoms with Crippen molar-refractivity contribution >= 4 is 9.24 Å². The van der Waals surface area contributed by atoms with Gasteiger partial charge in [0.25, 0.3) is 0 Å². The zero-order chi connectivity index (χ0) is 9.23. The number of hydrogen-bond donors (Lipinski definition) is 1. The van der Waals surface area contributed by atoms with Crippen LogP contribution in [0.5, 0.6) is 0 Å². The van der Waals surface area contributed by atoms with Crippen molar-refractivity contribution in [1.82, 2.24) is 0 Å². The molecule has 0 bridgehead atoms. The fraction of sp³-hybridized carbons (Fsp3) is 1.00. The first-order valence-corrected chi connectivity index (χ1v) is 5.17. The smallest absolute Gasteiger partial charge is 0.104 e. The summed E-state index contributed by atoms with van der Waals surface area (Å²) < 4.78 is 10.4. The Kier molecular flexibility index (Phi) is 9.64. The minimum atomic E-state index is -0.167. The van der Waals surface area contributed by atoms with Crippen molar-refractivity contribution in [2.24, 2.45) is 0 Å². The van der Waals surface area contributed by atoms with Gasteiger partial charge in [0.05, 0.1) is 19.6 Å². The standard InChI is InChI=1S/C8H19O3P/c1-2-3-4-10-6-8(5-9)11-7-12/h8-9H,2-7,12H2,1H3/t8-/m1/s1. The summed E-state index contributed by atoms with van der Waals surface area (Å²) in [6.45, 7) is 3.39. The van der Waals surface area contributed by atoms with Gasteiger partial charge in [0.2, 0.25) is 0 Å². The Labute approximate surface area is 76.6 Å². The van der Waals surface area contributed by atoms with E-state index in [1.807, 2.05) is 0 Å². The molecule has 0 fully saturated rings. The van der Waals surface area contributed by atoms with E-state index in [1.54, 1.807) is 0 Å². The van der Waals surface area contributed by atoms with Crippen molar-refractivity contribution in [2.75, 3.05) is 26.2 Å². The summed E-state index contributed by atoms with van der Waals surface area (Å²) in [7, 11) is 2.45. The molecule has 0 aliphatic rings. The van der Waals surface area contributed by atoms with E-state index in [2.05, 4.69) is 16.2 Å². The average molecular weight is 194 g/mol. The second kappa shape index (κ2) is 9.40. The molecule has 0 spiro atoms. The topological polar surface area (TPSA) is 38.7 Å². The Morgan fingerprint density at radius 1 is 1.50 bits per heavy atom. The predicted octanol–water partition coefficient (Wildman–Crippen LogP) is 1.01. The van der Waals surface area contributed by atoms with E-state index in [4.69, 9.17) is 14.6 Å². The molecule has 0 aliphatic heterocycles. The molecule has 0 rings (SSSR count). The number of unbranched alkanes of at least 4 members (excludes halogenated alkanes) is 1. The third kappa shape index (κ3) is 6.99. The predicted molar refractivity (Wildman–Crippen MR) is 52.3 cm³/mol. The molecule has 0 saturated heterocycles. The average Bonchev–Trinajstić information content (AvgIpc) is 2.10. The molecule has 0 aliphatic carbocycles. The van der Waals surface area contributed by atoms with Gasteiger partial charge in [-0.1, -0.05) is 13.3 Å². The molecule has 0 aromatic carbocycles. The van der Waals surface area contributed by atoms with E-state index < -0.39 is 0 Å². The molecule has 12 heavy (non-hydrogen) atoms. The van der Waals surface area contributed by atoms with Gasteiger partial charge in [-0.2, -0.15) is 0 Å². The van der Waals surface area contributed by atoms with Crippen LogP contribution in [0.1, 0.15) is 19.8 Å². The van der Waals surface area contributed by atoms with Gasteiger partial charge in [-0.3, -0.25) is 0 Å². The Balaban J connectivity index is 3.19. The van der Waals surface area contributed by atoms with Crippen LogP contribution in [-0.4, -0.2) is 37.4 Å². The van der Waals surface area contributed by atoms with E-state index in [9.17, 15) is 0 Å². The number of hydrogen-bond acceptors (Lipinski definition) is 3. The summed E-state index contributed by atoms with van der Waals surface area (Å²) in [6.07, 6.45) is 2.58. The zero-order valence-electron chi connectivity index (χ0n) is 7.66. The molecule has 0 saturated carbocycles. The lowest BCUT2D eigenvalue weighted by Crippen LogP contribution is -2.23. The van der Waals surface area contributed by atoms with Crippen molar-refractivity contribution < 1.29 is 14.6 Å². The molecule has 0 heterocycles. The lowest BCUT2D eigenvalue weighted by molar-refractivity contribution is -0.0260. The van der Waals surface area contributed by atoms with E-state index in [-0.39, 0.29) is 12.7 Å². The number of rotatable bonds is 8. The van der Waals surface area contributed by atoms with Gasteiger partial charge >= 0.3 is 0 Å². The second-order valence-electron chi connectivity index (χ2n) is 2.57. The maximum Gasteiger partial charge on any atom is 0.104 e. The summed E-state index contributed by atoms with van der Waals surface area (Å²) in [4.78, 5) is 0. The summed E-state index contributed by atoms with van der Waals surface area (Å²) in [5.41, 5.74) is 0. The molecular formula is C8H19O3P. The summed E-state index contributed by atoms with van der Waals surface area (Å²) in [5, 5.41) is 8.80. The number of aliphatic hydroxyl groups excluding tert-OH is 1. The maximum absolute atomic E-state index is 8.80. The number of aliphatic hydroxyl groups is 1. The van der Waals surface area contributed by atoms with Crippen LogP contribution in [0.2, 0.25) is 0 Å². The highest BCUT2D eigenvalue weighted by Crippen LogP contribution is 1.96. The first kappa shape index (κ1) is 12.3. The van der Waals surface area contributed by atoms with Gasteiger partial charge < -0.3 is 14.6 Å².